The molecule has 0 saturated heterocycles. The molecule has 0 radical (unpaired) electrons. The number of hydrogen-bond acceptors (Lipinski definition) is 1. The number of rotatable bonds is 0. The molecule has 3 aromatic rings. The lowest BCUT2D eigenvalue weighted by molar-refractivity contribution is 1.10. The van der Waals surface area contributed by atoms with Crippen molar-refractivity contribution in [2.45, 2.75) is 13.8 Å². The zero-order chi connectivity index (χ0) is 10.4. The fraction of sp³-hybridized carbons (Fsp3) is 0.154. The van der Waals surface area contributed by atoms with E-state index in [2.05, 4.69) is 59.8 Å². The van der Waals surface area contributed by atoms with Crippen LogP contribution in [0.1, 0.15) is 11.4 Å². The first kappa shape index (κ1) is 8.48. The quantitative estimate of drug-likeness (QED) is 0.540. The summed E-state index contributed by atoms with van der Waals surface area (Å²) in [5, 5.41) is 2.46. The highest BCUT2D eigenvalue weighted by Crippen LogP contribution is 2.21. The van der Waals surface area contributed by atoms with Gasteiger partial charge in [-0.15, -0.1) is 0 Å². The number of imidazole rings is 1. The number of fused-ring (bicyclic) bond motifs is 3. The van der Waals surface area contributed by atoms with E-state index in [-0.39, 0.29) is 0 Å². The molecule has 2 nitrogen and oxygen atoms in total. The van der Waals surface area contributed by atoms with Crippen molar-refractivity contribution in [3.63, 3.8) is 0 Å². The van der Waals surface area contributed by atoms with Crippen LogP contribution in [0.25, 0.3) is 16.4 Å². The highest BCUT2D eigenvalue weighted by molar-refractivity contribution is 5.94. The molecule has 0 spiro atoms. The van der Waals surface area contributed by atoms with Crippen molar-refractivity contribution in [2.75, 3.05) is 0 Å². The van der Waals surface area contributed by atoms with Crippen LogP contribution in [-0.2, 0) is 0 Å². The molecule has 0 unspecified atom stereocenters. The summed E-state index contributed by atoms with van der Waals surface area (Å²) in [6.07, 6.45) is 2.09. The van der Waals surface area contributed by atoms with Gasteiger partial charge in [0.25, 0.3) is 0 Å². The Morgan fingerprint density at radius 3 is 2.73 bits per heavy atom. The first-order valence-electron chi connectivity index (χ1n) is 5.10. The molecule has 0 aliphatic carbocycles. The lowest BCUT2D eigenvalue weighted by Crippen LogP contribution is -1.87. The maximum Gasteiger partial charge on any atom is 0.145 e. The topological polar surface area (TPSA) is 17.3 Å². The van der Waals surface area contributed by atoms with Crippen LogP contribution in [0, 0.1) is 13.8 Å². The summed E-state index contributed by atoms with van der Waals surface area (Å²) >= 11 is 0. The standard InChI is InChI=1S/C13H12N2/c1-9-10(2)15-8-7-11-5-3-4-6-12(11)13(15)14-9/h3-8H,1-2H3. The molecule has 0 saturated carbocycles. The summed E-state index contributed by atoms with van der Waals surface area (Å²) in [4.78, 5) is 4.60. The van der Waals surface area contributed by atoms with Crippen LogP contribution < -0.4 is 0 Å². The van der Waals surface area contributed by atoms with E-state index in [1.807, 2.05) is 0 Å². The van der Waals surface area contributed by atoms with Gasteiger partial charge in [-0.2, -0.15) is 0 Å². The van der Waals surface area contributed by atoms with Crippen LogP contribution in [0.5, 0.6) is 0 Å². The van der Waals surface area contributed by atoms with E-state index in [1.165, 1.54) is 16.5 Å². The molecule has 2 heteroatoms. The van der Waals surface area contributed by atoms with Gasteiger partial charge in [-0.3, -0.25) is 0 Å². The Morgan fingerprint density at radius 1 is 1.07 bits per heavy atom. The van der Waals surface area contributed by atoms with E-state index in [4.69, 9.17) is 0 Å². The predicted molar refractivity (Wildman–Crippen MR) is 62.2 cm³/mol. The lowest BCUT2D eigenvalue weighted by Gasteiger charge is -2.00. The van der Waals surface area contributed by atoms with Crippen molar-refractivity contribution in [2.24, 2.45) is 0 Å². The van der Waals surface area contributed by atoms with Gasteiger partial charge in [0.15, 0.2) is 0 Å². The molecular weight excluding hydrogens is 184 g/mol. The molecule has 3 rings (SSSR count). The van der Waals surface area contributed by atoms with Crippen LogP contribution >= 0.6 is 0 Å². The Morgan fingerprint density at radius 2 is 1.87 bits per heavy atom. The number of aromatic nitrogens is 2. The van der Waals surface area contributed by atoms with E-state index in [0.717, 1.165) is 11.3 Å². The minimum Gasteiger partial charge on any atom is -0.304 e. The van der Waals surface area contributed by atoms with Gasteiger partial charge in [0.1, 0.15) is 5.65 Å². The van der Waals surface area contributed by atoms with Gasteiger partial charge in [0.05, 0.1) is 5.69 Å². The zero-order valence-corrected chi connectivity index (χ0v) is 8.86. The fourth-order valence-electron chi connectivity index (χ4n) is 2.00. The van der Waals surface area contributed by atoms with Crippen LogP contribution in [0.3, 0.4) is 0 Å². The molecule has 0 amide bonds. The van der Waals surface area contributed by atoms with Gasteiger partial charge in [0, 0.05) is 17.3 Å². The van der Waals surface area contributed by atoms with Gasteiger partial charge >= 0.3 is 0 Å². The molecule has 2 aromatic heterocycles. The van der Waals surface area contributed by atoms with Crippen LogP contribution in [-0.4, -0.2) is 9.38 Å². The summed E-state index contributed by atoms with van der Waals surface area (Å²) in [6, 6.07) is 10.5. The first-order chi connectivity index (χ1) is 7.27. The Kier molecular flexibility index (Phi) is 1.60. The number of benzene rings is 1. The molecule has 0 aliphatic heterocycles. The summed E-state index contributed by atoms with van der Waals surface area (Å²) in [6.45, 7) is 4.15. The molecule has 74 valence electrons. The highest BCUT2D eigenvalue weighted by atomic mass is 15.0. The molecule has 1 aromatic carbocycles. The average Bonchev–Trinajstić information content (AvgIpc) is 2.56. The van der Waals surface area contributed by atoms with E-state index in [9.17, 15) is 0 Å². The Balaban J connectivity index is 2.60. The van der Waals surface area contributed by atoms with Gasteiger partial charge in [-0.1, -0.05) is 24.3 Å². The smallest absolute Gasteiger partial charge is 0.145 e. The molecule has 15 heavy (non-hydrogen) atoms. The first-order valence-corrected chi connectivity index (χ1v) is 5.10. The van der Waals surface area contributed by atoms with Gasteiger partial charge < -0.3 is 4.40 Å². The minimum absolute atomic E-state index is 1.06. The van der Waals surface area contributed by atoms with E-state index in [1.54, 1.807) is 0 Å². The third-order valence-corrected chi connectivity index (χ3v) is 2.99. The lowest BCUT2D eigenvalue weighted by atomic mass is 10.2. The van der Waals surface area contributed by atoms with Crippen molar-refractivity contribution in [1.29, 1.82) is 0 Å². The average molecular weight is 196 g/mol. The molecule has 0 fully saturated rings. The van der Waals surface area contributed by atoms with Gasteiger partial charge in [0.2, 0.25) is 0 Å². The third kappa shape index (κ3) is 1.08. The van der Waals surface area contributed by atoms with Crippen LogP contribution in [0.2, 0.25) is 0 Å². The Hall–Kier alpha value is -1.83. The Labute approximate surface area is 88.2 Å². The largest absolute Gasteiger partial charge is 0.304 e. The summed E-state index contributed by atoms with van der Waals surface area (Å²) < 4.78 is 2.15. The summed E-state index contributed by atoms with van der Waals surface area (Å²) in [7, 11) is 0. The number of hydrogen-bond donors (Lipinski definition) is 0. The molecule has 0 N–H and O–H groups in total. The van der Waals surface area contributed by atoms with Gasteiger partial charge in [-0.25, -0.2) is 4.98 Å². The van der Waals surface area contributed by atoms with E-state index in [0.29, 0.717) is 0 Å². The third-order valence-electron chi connectivity index (χ3n) is 2.99. The molecule has 0 atom stereocenters. The SMILES string of the molecule is Cc1nc2c3ccccc3ccn2c1C. The molecule has 0 aliphatic rings. The minimum atomic E-state index is 1.06. The maximum absolute atomic E-state index is 4.60. The van der Waals surface area contributed by atoms with Crippen LogP contribution in [0.15, 0.2) is 36.5 Å². The molecular formula is C13H12N2. The van der Waals surface area contributed by atoms with Crippen molar-refractivity contribution in [3.8, 4) is 0 Å². The highest BCUT2D eigenvalue weighted by Gasteiger charge is 2.06. The Bertz CT molecular complexity index is 650. The second kappa shape index (κ2) is 2.83. The second-order valence-electron chi connectivity index (χ2n) is 3.88. The zero-order valence-electron chi connectivity index (χ0n) is 8.86. The fourth-order valence-corrected chi connectivity index (χ4v) is 2.00. The predicted octanol–water partition coefficient (Wildman–Crippen LogP) is 3.10. The van der Waals surface area contributed by atoms with Crippen molar-refractivity contribution in [1.82, 2.24) is 9.38 Å². The summed E-state index contributed by atoms with van der Waals surface area (Å²) in [5.74, 6) is 0. The van der Waals surface area contributed by atoms with Crippen molar-refractivity contribution in [3.05, 3.63) is 47.9 Å². The van der Waals surface area contributed by atoms with E-state index >= 15 is 0 Å². The molecule has 2 heterocycles. The van der Waals surface area contributed by atoms with Crippen molar-refractivity contribution >= 4 is 16.4 Å². The normalized spacial score (nSPS) is 11.3. The maximum atomic E-state index is 4.60. The second-order valence-corrected chi connectivity index (χ2v) is 3.88. The molecule has 0 bridgehead atoms. The number of nitrogens with zero attached hydrogens (tertiary/aromatic N) is 2. The van der Waals surface area contributed by atoms with E-state index < -0.39 is 0 Å². The number of aryl methyl sites for hydroxylation is 2. The monoisotopic (exact) mass is 196 g/mol. The number of pyridine rings is 1. The summed E-state index contributed by atoms with van der Waals surface area (Å²) in [5.41, 5.74) is 3.38. The van der Waals surface area contributed by atoms with Crippen molar-refractivity contribution < 1.29 is 0 Å². The van der Waals surface area contributed by atoms with Crippen LogP contribution in [0.4, 0.5) is 0 Å². The van der Waals surface area contributed by atoms with Gasteiger partial charge in [-0.05, 0) is 25.3 Å².